The van der Waals surface area contributed by atoms with Crippen molar-refractivity contribution in [3.8, 4) is 0 Å². The number of carbonyl (C=O) groups is 2. The summed E-state index contributed by atoms with van der Waals surface area (Å²) in [5, 5.41) is 11.4. The minimum atomic E-state index is -0.854. The van der Waals surface area contributed by atoms with Gasteiger partial charge in [-0.2, -0.15) is 0 Å². The summed E-state index contributed by atoms with van der Waals surface area (Å²) in [5.41, 5.74) is 6.76. The zero-order valence-electron chi connectivity index (χ0n) is 9.48. The first-order valence-corrected chi connectivity index (χ1v) is 5.43. The number of carbonyl (C=O) groups excluding carboxylic acids is 1. The van der Waals surface area contributed by atoms with E-state index < -0.39 is 5.97 Å². The number of hydrogen-bond donors (Lipinski definition) is 3. The third-order valence-electron chi connectivity index (χ3n) is 2.27. The number of benzene rings is 1. The molecule has 1 amide bonds. The Morgan fingerprint density at radius 1 is 1.24 bits per heavy atom. The van der Waals surface area contributed by atoms with Gasteiger partial charge in [0.15, 0.2) is 0 Å². The first kappa shape index (κ1) is 13.2. The normalized spacial score (nSPS) is 9.94. The summed E-state index contributed by atoms with van der Waals surface area (Å²) in [7, 11) is 0. The van der Waals surface area contributed by atoms with E-state index in [1.807, 2.05) is 6.07 Å². The number of para-hydroxylation sites is 1. The Hall–Kier alpha value is -1.88. The predicted molar refractivity (Wildman–Crippen MR) is 64.7 cm³/mol. The van der Waals surface area contributed by atoms with E-state index in [0.717, 1.165) is 5.56 Å². The number of nitrogens with one attached hydrogen (secondary N) is 1. The van der Waals surface area contributed by atoms with Crippen LogP contribution in [-0.4, -0.2) is 23.5 Å². The molecule has 0 aliphatic carbocycles. The number of aryl methyl sites for hydroxylation is 1. The smallest absolute Gasteiger partial charge is 0.303 e. The van der Waals surface area contributed by atoms with Crippen LogP contribution < -0.4 is 11.1 Å². The molecule has 17 heavy (non-hydrogen) atoms. The maximum absolute atomic E-state index is 11.4. The Kier molecular flexibility index (Phi) is 5.16. The van der Waals surface area contributed by atoms with E-state index in [9.17, 15) is 9.59 Å². The fraction of sp³-hybridized carbons (Fsp3) is 0.333. The molecule has 0 radical (unpaired) electrons. The molecule has 4 N–H and O–H groups in total. The van der Waals surface area contributed by atoms with E-state index in [1.165, 1.54) is 0 Å². The van der Waals surface area contributed by atoms with Gasteiger partial charge >= 0.3 is 5.97 Å². The van der Waals surface area contributed by atoms with Gasteiger partial charge < -0.3 is 16.2 Å². The zero-order valence-corrected chi connectivity index (χ0v) is 9.48. The van der Waals surface area contributed by atoms with Gasteiger partial charge in [-0.15, -0.1) is 0 Å². The molecule has 0 fully saturated rings. The predicted octanol–water partition coefficient (Wildman–Crippen LogP) is 0.991. The van der Waals surface area contributed by atoms with Crippen LogP contribution >= 0.6 is 0 Å². The van der Waals surface area contributed by atoms with Crippen molar-refractivity contribution in [2.24, 2.45) is 5.73 Å². The summed E-state index contributed by atoms with van der Waals surface area (Å²) in [6.07, 6.45) is 0.700. The minimum Gasteiger partial charge on any atom is -0.481 e. The maximum Gasteiger partial charge on any atom is 0.303 e. The van der Waals surface area contributed by atoms with Gasteiger partial charge in [0, 0.05) is 25.1 Å². The highest BCUT2D eigenvalue weighted by atomic mass is 16.4. The lowest BCUT2D eigenvalue weighted by molar-refractivity contribution is -0.136. The third kappa shape index (κ3) is 4.65. The lowest BCUT2D eigenvalue weighted by Gasteiger charge is -2.09. The average Bonchev–Trinajstić information content (AvgIpc) is 2.28. The third-order valence-corrected chi connectivity index (χ3v) is 2.27. The summed E-state index contributed by atoms with van der Waals surface area (Å²) in [5.74, 6) is -1.01. The number of hydrogen-bond acceptors (Lipinski definition) is 3. The first-order chi connectivity index (χ1) is 8.13. The molecule has 0 saturated carbocycles. The quantitative estimate of drug-likeness (QED) is 0.686. The summed E-state index contributed by atoms with van der Waals surface area (Å²) in [6, 6.07) is 7.17. The number of anilines is 1. The molecule has 0 saturated heterocycles. The second kappa shape index (κ2) is 6.65. The summed E-state index contributed by atoms with van der Waals surface area (Å²) < 4.78 is 0. The molecule has 0 aromatic heterocycles. The Morgan fingerprint density at radius 2 is 1.94 bits per heavy atom. The number of carboxylic acid groups (broad SMARTS) is 1. The topological polar surface area (TPSA) is 92.4 Å². The Morgan fingerprint density at radius 3 is 2.59 bits per heavy atom. The second-order valence-electron chi connectivity index (χ2n) is 3.64. The van der Waals surface area contributed by atoms with Crippen LogP contribution in [0.3, 0.4) is 0 Å². The SMILES string of the molecule is NCCC(=O)Nc1ccccc1CCC(=O)O. The highest BCUT2D eigenvalue weighted by molar-refractivity contribution is 5.91. The molecule has 0 atom stereocenters. The molecular formula is C12H16N2O3. The molecule has 0 bridgehead atoms. The van der Waals surface area contributed by atoms with Gasteiger partial charge in [-0.25, -0.2) is 0 Å². The van der Waals surface area contributed by atoms with Crippen molar-refractivity contribution in [3.63, 3.8) is 0 Å². The van der Waals surface area contributed by atoms with Crippen LogP contribution in [-0.2, 0) is 16.0 Å². The van der Waals surface area contributed by atoms with Gasteiger partial charge in [0.05, 0.1) is 0 Å². The maximum atomic E-state index is 11.4. The number of carboxylic acids is 1. The van der Waals surface area contributed by atoms with E-state index >= 15 is 0 Å². The van der Waals surface area contributed by atoms with Gasteiger partial charge in [0.1, 0.15) is 0 Å². The van der Waals surface area contributed by atoms with Crippen molar-refractivity contribution >= 4 is 17.6 Å². The van der Waals surface area contributed by atoms with Crippen molar-refractivity contribution in [2.75, 3.05) is 11.9 Å². The van der Waals surface area contributed by atoms with Crippen molar-refractivity contribution < 1.29 is 14.7 Å². The Balaban J connectivity index is 2.70. The van der Waals surface area contributed by atoms with Gasteiger partial charge in [-0.1, -0.05) is 18.2 Å². The summed E-state index contributed by atoms with van der Waals surface area (Å²) in [4.78, 5) is 21.9. The van der Waals surface area contributed by atoms with E-state index in [1.54, 1.807) is 18.2 Å². The molecule has 0 unspecified atom stereocenters. The molecule has 0 heterocycles. The van der Waals surface area contributed by atoms with Gasteiger partial charge in [0.2, 0.25) is 5.91 Å². The average molecular weight is 236 g/mol. The van der Waals surface area contributed by atoms with Crippen molar-refractivity contribution in [1.82, 2.24) is 0 Å². The van der Waals surface area contributed by atoms with Crippen LogP contribution in [0.15, 0.2) is 24.3 Å². The second-order valence-corrected chi connectivity index (χ2v) is 3.64. The van der Waals surface area contributed by atoms with Gasteiger partial charge in [0.25, 0.3) is 0 Å². The van der Waals surface area contributed by atoms with Gasteiger partial charge in [-0.3, -0.25) is 9.59 Å². The Bertz CT molecular complexity index is 404. The number of amides is 1. The molecule has 92 valence electrons. The van der Waals surface area contributed by atoms with Crippen LogP contribution in [0.2, 0.25) is 0 Å². The van der Waals surface area contributed by atoms with Crippen LogP contribution in [0, 0.1) is 0 Å². The highest BCUT2D eigenvalue weighted by Crippen LogP contribution is 2.17. The molecule has 1 rings (SSSR count). The molecule has 0 aliphatic rings. The van der Waals surface area contributed by atoms with Crippen molar-refractivity contribution in [1.29, 1.82) is 0 Å². The Labute approximate surface area is 99.6 Å². The van der Waals surface area contributed by atoms with Crippen molar-refractivity contribution in [2.45, 2.75) is 19.3 Å². The fourth-order valence-corrected chi connectivity index (χ4v) is 1.45. The monoisotopic (exact) mass is 236 g/mol. The molecule has 5 heteroatoms. The van der Waals surface area contributed by atoms with E-state index in [-0.39, 0.29) is 18.7 Å². The van der Waals surface area contributed by atoms with E-state index in [2.05, 4.69) is 5.32 Å². The molecule has 1 aromatic carbocycles. The van der Waals surface area contributed by atoms with E-state index in [4.69, 9.17) is 10.8 Å². The number of rotatable bonds is 6. The van der Waals surface area contributed by atoms with E-state index in [0.29, 0.717) is 18.7 Å². The number of nitrogens with two attached hydrogens (primary N) is 1. The van der Waals surface area contributed by atoms with Gasteiger partial charge in [-0.05, 0) is 18.1 Å². The summed E-state index contributed by atoms with van der Waals surface area (Å²) >= 11 is 0. The molecule has 5 nitrogen and oxygen atoms in total. The minimum absolute atomic E-state index is 0.0454. The molecular weight excluding hydrogens is 220 g/mol. The highest BCUT2D eigenvalue weighted by Gasteiger charge is 2.07. The molecule has 1 aromatic rings. The summed E-state index contributed by atoms with van der Waals surface area (Å²) in [6.45, 7) is 0.295. The van der Waals surface area contributed by atoms with Crippen LogP contribution in [0.1, 0.15) is 18.4 Å². The van der Waals surface area contributed by atoms with Crippen LogP contribution in [0.5, 0.6) is 0 Å². The van der Waals surface area contributed by atoms with Crippen molar-refractivity contribution in [3.05, 3.63) is 29.8 Å². The first-order valence-electron chi connectivity index (χ1n) is 5.43. The van der Waals surface area contributed by atoms with Crippen LogP contribution in [0.25, 0.3) is 0 Å². The fourth-order valence-electron chi connectivity index (χ4n) is 1.45. The molecule has 0 spiro atoms. The standard InChI is InChI=1S/C12H16N2O3/c13-8-7-11(15)14-10-4-2-1-3-9(10)5-6-12(16)17/h1-4H,5-8,13H2,(H,14,15)(H,16,17). The lowest BCUT2D eigenvalue weighted by Crippen LogP contribution is -2.17. The molecule has 0 aliphatic heterocycles. The number of aliphatic carboxylic acids is 1. The largest absolute Gasteiger partial charge is 0.481 e. The lowest BCUT2D eigenvalue weighted by atomic mass is 10.1. The zero-order chi connectivity index (χ0) is 12.7. The van der Waals surface area contributed by atoms with Crippen LogP contribution in [0.4, 0.5) is 5.69 Å².